The van der Waals surface area contributed by atoms with Crippen molar-refractivity contribution in [2.75, 3.05) is 7.11 Å². The summed E-state index contributed by atoms with van der Waals surface area (Å²) in [6.07, 6.45) is 4.56. The van der Waals surface area contributed by atoms with Gasteiger partial charge in [0.1, 0.15) is 11.6 Å². The second-order valence-corrected chi connectivity index (χ2v) is 8.43. The quantitative estimate of drug-likeness (QED) is 0.301. The summed E-state index contributed by atoms with van der Waals surface area (Å²) >= 11 is 0. The molecule has 2 heterocycles. The Morgan fingerprint density at radius 3 is 2.49 bits per heavy atom. The van der Waals surface area contributed by atoms with Gasteiger partial charge < -0.3 is 9.47 Å². The number of imidazole rings is 1. The summed E-state index contributed by atoms with van der Waals surface area (Å²) in [4.78, 5) is 8.78. The van der Waals surface area contributed by atoms with Crippen molar-refractivity contribution in [2.45, 2.75) is 38.0 Å². The molecule has 5 rings (SSSR count). The molecule has 1 fully saturated rings. The summed E-state index contributed by atoms with van der Waals surface area (Å²) in [6.45, 7) is 0. The van der Waals surface area contributed by atoms with Crippen molar-refractivity contribution in [3.05, 3.63) is 77.7 Å². The van der Waals surface area contributed by atoms with Crippen molar-refractivity contribution in [3.8, 4) is 17.3 Å². The highest BCUT2D eigenvalue weighted by molar-refractivity contribution is 5.82. The first kappa shape index (κ1) is 23.0. The Balaban J connectivity index is 1.56. The smallest absolute Gasteiger partial charge is 0.417 e. The Bertz CT molecular complexity index is 1350. The number of nitrogens with zero attached hydrogens (tertiary/aromatic N) is 3. The summed E-state index contributed by atoms with van der Waals surface area (Å²) in [5.41, 5.74) is 1.48. The first-order valence-electron chi connectivity index (χ1n) is 11.5. The lowest BCUT2D eigenvalue weighted by Crippen LogP contribution is -2.12. The maximum absolute atomic E-state index is 13.1. The second-order valence-electron chi connectivity index (χ2n) is 8.43. The number of rotatable bonds is 6. The fourth-order valence-electron chi connectivity index (χ4n) is 4.37. The Morgan fingerprint density at radius 2 is 1.77 bits per heavy atom. The summed E-state index contributed by atoms with van der Waals surface area (Å²) < 4.78 is 52.8. The van der Waals surface area contributed by atoms with E-state index in [1.807, 2.05) is 54.6 Å². The fraction of sp³-hybridized carbons (Fsp3) is 0.259. The second kappa shape index (κ2) is 9.44. The van der Waals surface area contributed by atoms with Gasteiger partial charge in [-0.3, -0.25) is 4.57 Å². The van der Waals surface area contributed by atoms with Crippen LogP contribution >= 0.6 is 0 Å². The number of para-hydroxylation sites is 3. The lowest BCUT2D eigenvalue weighted by molar-refractivity contribution is -0.137. The third-order valence-corrected chi connectivity index (χ3v) is 6.12. The van der Waals surface area contributed by atoms with Crippen LogP contribution in [0.5, 0.6) is 11.5 Å². The van der Waals surface area contributed by atoms with Crippen LogP contribution in [0.25, 0.3) is 29.0 Å². The minimum Gasteiger partial charge on any atom is -0.493 e. The maximum Gasteiger partial charge on any atom is 0.417 e. The molecule has 1 saturated carbocycles. The van der Waals surface area contributed by atoms with Crippen LogP contribution in [0.3, 0.4) is 0 Å². The van der Waals surface area contributed by atoms with Crippen LogP contribution in [0.4, 0.5) is 13.2 Å². The Labute approximate surface area is 200 Å². The molecule has 0 N–H and O–H groups in total. The van der Waals surface area contributed by atoms with Gasteiger partial charge >= 0.3 is 6.18 Å². The number of alkyl halides is 3. The summed E-state index contributed by atoms with van der Waals surface area (Å²) in [6, 6.07) is 15.5. The number of hydrogen-bond acceptors (Lipinski definition) is 4. The monoisotopic (exact) mass is 479 g/mol. The summed E-state index contributed by atoms with van der Waals surface area (Å²) in [5, 5.41) is 0. The van der Waals surface area contributed by atoms with E-state index in [2.05, 4.69) is 4.98 Å². The van der Waals surface area contributed by atoms with Crippen molar-refractivity contribution >= 4 is 23.2 Å². The molecule has 5 nitrogen and oxygen atoms in total. The van der Waals surface area contributed by atoms with E-state index in [1.54, 1.807) is 11.7 Å². The fourth-order valence-corrected chi connectivity index (χ4v) is 4.37. The third-order valence-electron chi connectivity index (χ3n) is 6.12. The van der Waals surface area contributed by atoms with E-state index in [0.29, 0.717) is 28.7 Å². The molecule has 2 aromatic heterocycles. The molecule has 0 spiro atoms. The highest BCUT2D eigenvalue weighted by Crippen LogP contribution is 2.36. The molecule has 0 unspecified atom stereocenters. The van der Waals surface area contributed by atoms with Crippen LogP contribution in [-0.4, -0.2) is 27.7 Å². The molecule has 0 atom stereocenters. The zero-order chi connectivity index (χ0) is 24.4. The van der Waals surface area contributed by atoms with Crippen LogP contribution in [0, 0.1) is 0 Å². The van der Waals surface area contributed by atoms with Crippen LogP contribution in [0.15, 0.2) is 60.8 Å². The Morgan fingerprint density at radius 1 is 0.971 bits per heavy atom. The summed E-state index contributed by atoms with van der Waals surface area (Å²) in [5.74, 6) is 2.21. The van der Waals surface area contributed by atoms with Gasteiger partial charge in [0.05, 0.1) is 29.8 Å². The van der Waals surface area contributed by atoms with Crippen LogP contribution < -0.4 is 9.47 Å². The molecule has 0 radical (unpaired) electrons. The molecule has 0 saturated heterocycles. The van der Waals surface area contributed by atoms with Gasteiger partial charge in [0.2, 0.25) is 0 Å². The van der Waals surface area contributed by atoms with Gasteiger partial charge in [0.15, 0.2) is 11.5 Å². The zero-order valence-electron chi connectivity index (χ0n) is 19.1. The van der Waals surface area contributed by atoms with E-state index < -0.39 is 11.7 Å². The molecular formula is C27H24F3N3O2. The van der Waals surface area contributed by atoms with E-state index in [9.17, 15) is 13.2 Å². The molecule has 180 valence electrons. The van der Waals surface area contributed by atoms with Gasteiger partial charge in [-0.2, -0.15) is 13.2 Å². The van der Waals surface area contributed by atoms with Crippen molar-refractivity contribution < 1.29 is 22.6 Å². The molecule has 0 aliphatic heterocycles. The van der Waals surface area contributed by atoms with Crippen molar-refractivity contribution in [3.63, 3.8) is 0 Å². The highest BCUT2D eigenvalue weighted by Gasteiger charge is 2.31. The summed E-state index contributed by atoms with van der Waals surface area (Å²) in [7, 11) is 1.61. The molecule has 35 heavy (non-hydrogen) atoms. The standard InChI is InChI=1S/C27H24F3N3O2/c1-34-23-12-6-7-18(26(23)35-20-8-2-3-9-20)13-15-25-32-21-10-4-5-11-22(21)33(25)24-16-14-19(17-31-24)27(28,29)30/h4-7,10-17,20H,2-3,8-9H2,1H3/b15-13+. The topological polar surface area (TPSA) is 49.2 Å². The average Bonchev–Trinajstić information content (AvgIpc) is 3.50. The van der Waals surface area contributed by atoms with E-state index in [0.717, 1.165) is 49.0 Å². The van der Waals surface area contributed by atoms with E-state index in [1.165, 1.54) is 6.07 Å². The van der Waals surface area contributed by atoms with Gasteiger partial charge in [-0.1, -0.05) is 24.3 Å². The lowest BCUT2D eigenvalue weighted by atomic mass is 10.1. The predicted octanol–water partition coefficient (Wildman–Crippen LogP) is 6.94. The van der Waals surface area contributed by atoms with Crippen molar-refractivity contribution in [1.82, 2.24) is 14.5 Å². The zero-order valence-corrected chi connectivity index (χ0v) is 19.1. The van der Waals surface area contributed by atoms with E-state index in [4.69, 9.17) is 14.5 Å². The molecular weight excluding hydrogens is 455 g/mol. The number of methoxy groups -OCH3 is 1. The van der Waals surface area contributed by atoms with Crippen LogP contribution in [0.1, 0.15) is 42.6 Å². The lowest BCUT2D eigenvalue weighted by Gasteiger charge is -2.18. The molecule has 1 aliphatic carbocycles. The molecule has 1 aliphatic rings. The maximum atomic E-state index is 13.1. The highest BCUT2D eigenvalue weighted by atomic mass is 19.4. The SMILES string of the molecule is COc1cccc(/C=C/c2nc3ccccc3n2-c2ccc(C(F)(F)F)cn2)c1OC1CCCC1. The first-order chi connectivity index (χ1) is 16.9. The van der Waals surface area contributed by atoms with Gasteiger partial charge in [0.25, 0.3) is 0 Å². The number of aromatic nitrogens is 3. The van der Waals surface area contributed by atoms with Crippen LogP contribution in [0.2, 0.25) is 0 Å². The Kier molecular flexibility index (Phi) is 6.19. The number of hydrogen-bond donors (Lipinski definition) is 0. The van der Waals surface area contributed by atoms with Gasteiger partial charge in [-0.15, -0.1) is 0 Å². The molecule has 2 aromatic carbocycles. The number of halogens is 3. The van der Waals surface area contributed by atoms with Gasteiger partial charge in [-0.05, 0) is 68.2 Å². The molecule has 8 heteroatoms. The first-order valence-corrected chi connectivity index (χ1v) is 11.5. The Hall–Kier alpha value is -3.81. The predicted molar refractivity (Wildman–Crippen MR) is 129 cm³/mol. The average molecular weight is 480 g/mol. The van der Waals surface area contributed by atoms with Gasteiger partial charge in [0, 0.05) is 11.8 Å². The number of pyridine rings is 1. The number of fused-ring (bicyclic) bond motifs is 1. The molecule has 0 bridgehead atoms. The van der Waals surface area contributed by atoms with Crippen LogP contribution in [-0.2, 0) is 6.18 Å². The van der Waals surface area contributed by atoms with E-state index >= 15 is 0 Å². The number of ether oxygens (including phenoxy) is 2. The third kappa shape index (κ3) is 4.73. The largest absolute Gasteiger partial charge is 0.493 e. The minimum absolute atomic E-state index is 0.152. The number of benzene rings is 2. The normalized spacial score (nSPS) is 14.7. The van der Waals surface area contributed by atoms with Crippen molar-refractivity contribution in [1.29, 1.82) is 0 Å². The minimum atomic E-state index is -4.45. The van der Waals surface area contributed by atoms with E-state index in [-0.39, 0.29) is 6.10 Å². The van der Waals surface area contributed by atoms with Gasteiger partial charge in [-0.25, -0.2) is 9.97 Å². The molecule has 4 aromatic rings. The molecule has 0 amide bonds. The van der Waals surface area contributed by atoms with Crippen molar-refractivity contribution in [2.24, 2.45) is 0 Å².